The van der Waals surface area contributed by atoms with Crippen molar-refractivity contribution in [3.8, 4) is 22.6 Å². The molecular formula is C29H31ClF3N7O. The number of aryl methyl sites for hydroxylation is 2. The van der Waals surface area contributed by atoms with E-state index in [4.69, 9.17) is 11.6 Å². The first-order valence-corrected chi connectivity index (χ1v) is 13.9. The molecule has 1 aromatic carbocycles. The normalized spacial score (nSPS) is 17.8. The van der Waals surface area contributed by atoms with E-state index >= 15 is 0 Å². The fraction of sp³-hybridized carbons (Fsp3) is 0.414. The zero-order chi connectivity index (χ0) is 29.7. The molecule has 0 bridgehead atoms. The van der Waals surface area contributed by atoms with Crippen LogP contribution in [0, 0.1) is 5.92 Å². The number of carbonyl (C=O) groups excluding carboxylic acids is 1. The van der Waals surface area contributed by atoms with Crippen molar-refractivity contribution in [1.29, 1.82) is 0 Å². The van der Waals surface area contributed by atoms with E-state index in [0.717, 1.165) is 18.9 Å². The van der Waals surface area contributed by atoms with E-state index in [9.17, 15) is 18.0 Å². The lowest BCUT2D eigenvalue weighted by atomic mass is 9.73. The highest BCUT2D eigenvalue weighted by Gasteiger charge is 2.55. The number of aromatic nitrogens is 6. The number of unbranched alkanes of at least 4 members (excludes halogenated alkanes) is 1. The zero-order valence-corrected chi connectivity index (χ0v) is 24.3. The van der Waals surface area contributed by atoms with Gasteiger partial charge in [0.2, 0.25) is 0 Å². The average Bonchev–Trinajstić information content (AvgIpc) is 3.58. The topological polar surface area (TPSA) is 81.7 Å². The van der Waals surface area contributed by atoms with Gasteiger partial charge in [-0.2, -0.15) is 18.3 Å². The number of halogens is 4. The summed E-state index contributed by atoms with van der Waals surface area (Å²) in [6.45, 7) is 5.71. The number of alkyl halides is 3. The summed E-state index contributed by atoms with van der Waals surface area (Å²) in [5.41, 5.74) is -0.204. The van der Waals surface area contributed by atoms with Crippen LogP contribution in [0.15, 0.2) is 42.9 Å². The van der Waals surface area contributed by atoms with Crippen LogP contribution in [0.3, 0.4) is 0 Å². The monoisotopic (exact) mass is 585 g/mol. The van der Waals surface area contributed by atoms with Crippen molar-refractivity contribution in [2.75, 3.05) is 4.90 Å². The first-order chi connectivity index (χ1) is 19.4. The second-order valence-electron chi connectivity index (χ2n) is 10.6. The van der Waals surface area contributed by atoms with Crippen molar-refractivity contribution in [2.45, 2.75) is 58.2 Å². The van der Waals surface area contributed by atoms with Crippen LogP contribution in [0.2, 0.25) is 5.15 Å². The van der Waals surface area contributed by atoms with Crippen LogP contribution in [0.1, 0.15) is 67.9 Å². The summed E-state index contributed by atoms with van der Waals surface area (Å²) in [7, 11) is 3.57. The van der Waals surface area contributed by atoms with Crippen LogP contribution >= 0.6 is 11.6 Å². The van der Waals surface area contributed by atoms with Gasteiger partial charge in [0.25, 0.3) is 5.91 Å². The molecule has 5 rings (SSSR count). The Kier molecular flexibility index (Phi) is 7.44. The van der Waals surface area contributed by atoms with Gasteiger partial charge in [0.05, 0.1) is 28.6 Å². The predicted octanol–water partition coefficient (Wildman–Crippen LogP) is 7.04. The SMILES string of the molecule is CCCCC(CC)C1(C)c2c(cccc2C(F)(F)F)C(=O)N1c1cc(-c2c(-c3nncn3C)cnn2C)cc(Cl)n1. The highest BCUT2D eigenvalue weighted by Crippen LogP contribution is 2.53. The second kappa shape index (κ2) is 10.6. The van der Waals surface area contributed by atoms with Gasteiger partial charge in [-0.15, -0.1) is 10.2 Å². The van der Waals surface area contributed by atoms with Gasteiger partial charge in [0.1, 0.15) is 17.3 Å². The summed E-state index contributed by atoms with van der Waals surface area (Å²) in [4.78, 5) is 20.0. The molecule has 4 heterocycles. The van der Waals surface area contributed by atoms with Gasteiger partial charge in [-0.05, 0) is 43.5 Å². The number of pyridine rings is 1. The van der Waals surface area contributed by atoms with Gasteiger partial charge in [-0.25, -0.2) is 4.98 Å². The zero-order valence-electron chi connectivity index (χ0n) is 23.5. The van der Waals surface area contributed by atoms with Crippen molar-refractivity contribution in [3.63, 3.8) is 0 Å². The van der Waals surface area contributed by atoms with E-state index in [-0.39, 0.29) is 28.0 Å². The van der Waals surface area contributed by atoms with Gasteiger partial charge >= 0.3 is 6.18 Å². The number of hydrogen-bond acceptors (Lipinski definition) is 5. The van der Waals surface area contributed by atoms with Crippen LogP contribution in [0.4, 0.5) is 19.0 Å². The first-order valence-electron chi connectivity index (χ1n) is 13.5. The number of rotatable bonds is 8. The molecule has 2 unspecified atom stereocenters. The van der Waals surface area contributed by atoms with Crippen molar-refractivity contribution < 1.29 is 18.0 Å². The molecule has 0 aliphatic carbocycles. The Morgan fingerprint density at radius 3 is 2.51 bits per heavy atom. The molecule has 2 atom stereocenters. The van der Waals surface area contributed by atoms with E-state index in [2.05, 4.69) is 20.3 Å². The number of amides is 1. The van der Waals surface area contributed by atoms with Crippen molar-refractivity contribution in [3.05, 3.63) is 64.7 Å². The molecule has 0 N–H and O–H groups in total. The summed E-state index contributed by atoms with van der Waals surface area (Å²) >= 11 is 6.57. The summed E-state index contributed by atoms with van der Waals surface area (Å²) in [6.07, 6.45) is 1.48. The first kappa shape index (κ1) is 28.8. The summed E-state index contributed by atoms with van der Waals surface area (Å²) in [5, 5.41) is 12.7. The van der Waals surface area contributed by atoms with Crippen LogP contribution < -0.4 is 4.90 Å². The molecule has 0 spiro atoms. The fourth-order valence-electron chi connectivity index (χ4n) is 6.22. The lowest BCUT2D eigenvalue weighted by Crippen LogP contribution is -2.48. The fourth-order valence-corrected chi connectivity index (χ4v) is 6.43. The lowest BCUT2D eigenvalue weighted by molar-refractivity contribution is -0.138. The van der Waals surface area contributed by atoms with Crippen molar-refractivity contribution in [2.24, 2.45) is 20.0 Å². The predicted molar refractivity (Wildman–Crippen MR) is 150 cm³/mol. The Morgan fingerprint density at radius 2 is 1.88 bits per heavy atom. The van der Waals surface area contributed by atoms with Gasteiger partial charge in [-0.1, -0.05) is 50.8 Å². The molecule has 8 nitrogen and oxygen atoms in total. The third kappa shape index (κ3) is 4.69. The van der Waals surface area contributed by atoms with Gasteiger partial charge in [-0.3, -0.25) is 14.4 Å². The Labute approximate surface area is 241 Å². The molecule has 216 valence electrons. The molecule has 0 saturated carbocycles. The Bertz CT molecular complexity index is 1610. The number of benzene rings is 1. The molecule has 41 heavy (non-hydrogen) atoms. The van der Waals surface area contributed by atoms with E-state index in [1.165, 1.54) is 17.0 Å². The van der Waals surface area contributed by atoms with E-state index in [1.807, 2.05) is 20.9 Å². The largest absolute Gasteiger partial charge is 0.416 e. The maximum atomic E-state index is 14.4. The third-order valence-electron chi connectivity index (χ3n) is 8.14. The van der Waals surface area contributed by atoms with Crippen molar-refractivity contribution in [1.82, 2.24) is 29.5 Å². The third-order valence-corrected chi connectivity index (χ3v) is 8.34. The van der Waals surface area contributed by atoms with E-state index in [1.54, 1.807) is 47.9 Å². The Hall–Kier alpha value is -3.73. The van der Waals surface area contributed by atoms with Crippen LogP contribution in [-0.4, -0.2) is 35.4 Å². The number of fused-ring (bicyclic) bond motifs is 1. The maximum Gasteiger partial charge on any atom is 0.416 e. The molecule has 1 amide bonds. The average molecular weight is 586 g/mol. The van der Waals surface area contributed by atoms with Crippen LogP contribution in [0.25, 0.3) is 22.6 Å². The number of carbonyl (C=O) groups is 1. The lowest BCUT2D eigenvalue weighted by Gasteiger charge is -2.42. The molecule has 12 heteroatoms. The van der Waals surface area contributed by atoms with E-state index in [0.29, 0.717) is 35.5 Å². The Morgan fingerprint density at radius 1 is 1.12 bits per heavy atom. The van der Waals surface area contributed by atoms with Crippen LogP contribution in [0.5, 0.6) is 0 Å². The summed E-state index contributed by atoms with van der Waals surface area (Å²) in [5.74, 6) is -0.0732. The van der Waals surface area contributed by atoms with Gasteiger partial charge < -0.3 is 4.57 Å². The summed E-state index contributed by atoms with van der Waals surface area (Å²) in [6, 6.07) is 7.14. The summed E-state index contributed by atoms with van der Waals surface area (Å²) < 4.78 is 46.7. The quantitative estimate of drug-likeness (QED) is 0.207. The maximum absolute atomic E-state index is 14.4. The molecule has 0 radical (unpaired) electrons. The molecule has 0 saturated heterocycles. The minimum atomic E-state index is -4.64. The molecular weight excluding hydrogens is 555 g/mol. The molecule has 1 aliphatic heterocycles. The molecule has 0 fully saturated rings. The minimum Gasteiger partial charge on any atom is -0.317 e. The smallest absolute Gasteiger partial charge is 0.317 e. The van der Waals surface area contributed by atoms with Crippen LogP contribution in [-0.2, 0) is 25.8 Å². The second-order valence-corrected chi connectivity index (χ2v) is 11.0. The minimum absolute atomic E-state index is 0.0101. The number of nitrogens with zero attached hydrogens (tertiary/aromatic N) is 7. The highest BCUT2D eigenvalue weighted by molar-refractivity contribution is 6.30. The number of hydrogen-bond donors (Lipinski definition) is 0. The van der Waals surface area contributed by atoms with Crippen molar-refractivity contribution >= 4 is 23.3 Å². The van der Waals surface area contributed by atoms with Gasteiger partial charge in [0, 0.05) is 30.8 Å². The van der Waals surface area contributed by atoms with E-state index < -0.39 is 23.2 Å². The highest BCUT2D eigenvalue weighted by atomic mass is 35.5. The number of anilines is 1. The van der Waals surface area contributed by atoms with Gasteiger partial charge in [0.15, 0.2) is 5.82 Å². The molecule has 1 aliphatic rings. The molecule has 3 aromatic heterocycles. The molecule has 4 aromatic rings. The standard InChI is InChI=1S/C29H31ClF3N7O/c1-6-8-10-18(7-2)28(3)24-19(11-9-12-21(24)29(31,32)33)27(41)40(28)23-14-17(13-22(30)36-23)25-20(15-35-39(25)5)26-37-34-16-38(26)4/h9,11-16,18H,6-8,10H2,1-5H3. The Balaban J connectivity index is 1.75.